The van der Waals surface area contributed by atoms with Crippen molar-refractivity contribution in [3.05, 3.63) is 66.8 Å². The molecule has 0 bridgehead atoms. The molecule has 2 amide bonds. The second-order valence-corrected chi connectivity index (χ2v) is 10.7. The van der Waals surface area contributed by atoms with Gasteiger partial charge in [-0.25, -0.2) is 15.0 Å². The first-order valence-electron chi connectivity index (χ1n) is 13.9. The van der Waals surface area contributed by atoms with Gasteiger partial charge in [0.15, 0.2) is 11.5 Å². The zero-order valence-corrected chi connectivity index (χ0v) is 24.1. The summed E-state index contributed by atoms with van der Waals surface area (Å²) in [6, 6.07) is 11.2. The van der Waals surface area contributed by atoms with E-state index in [9.17, 15) is 9.59 Å². The third-order valence-electron chi connectivity index (χ3n) is 8.03. The average Bonchev–Trinajstić information content (AvgIpc) is 3.31. The van der Waals surface area contributed by atoms with Crippen molar-refractivity contribution in [2.45, 2.75) is 6.92 Å². The molecule has 2 aliphatic rings. The number of fused-ring (bicyclic) bond motifs is 2. The molecule has 11 heteroatoms. The van der Waals surface area contributed by atoms with Gasteiger partial charge in [-0.05, 0) is 54.5 Å². The van der Waals surface area contributed by atoms with Crippen LogP contribution in [0.15, 0.2) is 55.4 Å². The van der Waals surface area contributed by atoms with Crippen molar-refractivity contribution in [3.8, 4) is 40.3 Å². The lowest BCUT2D eigenvalue weighted by molar-refractivity contribution is -0.131. The maximum absolute atomic E-state index is 12.5. The van der Waals surface area contributed by atoms with E-state index in [2.05, 4.69) is 38.7 Å². The molecule has 1 aliphatic carbocycles. The van der Waals surface area contributed by atoms with E-state index in [4.69, 9.17) is 15.2 Å². The molecule has 11 nitrogen and oxygen atoms in total. The lowest BCUT2D eigenvalue weighted by atomic mass is 10.0. The number of rotatable bonds is 7. The second kappa shape index (κ2) is 11.1. The van der Waals surface area contributed by atoms with E-state index >= 15 is 0 Å². The number of nitrogens with one attached hydrogen (secondary N) is 1. The van der Waals surface area contributed by atoms with Crippen LogP contribution in [0.3, 0.4) is 0 Å². The van der Waals surface area contributed by atoms with Gasteiger partial charge in [0.25, 0.3) is 0 Å². The van der Waals surface area contributed by atoms with Crippen molar-refractivity contribution in [1.29, 1.82) is 0 Å². The fourth-order valence-electron chi connectivity index (χ4n) is 5.74. The number of aryl methyl sites for hydroxylation is 2. The van der Waals surface area contributed by atoms with Crippen LogP contribution >= 0.6 is 0 Å². The summed E-state index contributed by atoms with van der Waals surface area (Å²) >= 11 is 0. The number of hydrogen-bond acceptors (Lipinski definition) is 8. The summed E-state index contributed by atoms with van der Waals surface area (Å²) in [5.41, 5.74) is 10.3. The highest BCUT2D eigenvalue weighted by Gasteiger charge is 2.56. The summed E-state index contributed by atoms with van der Waals surface area (Å²) < 4.78 is 13.7. The molecule has 3 atom stereocenters. The van der Waals surface area contributed by atoms with Crippen LogP contribution in [0.2, 0.25) is 0 Å². The zero-order chi connectivity index (χ0) is 30.2. The van der Waals surface area contributed by atoms with Gasteiger partial charge in [-0.2, -0.15) is 0 Å². The number of carbonyl (C=O) groups is 2. The van der Waals surface area contributed by atoms with Gasteiger partial charge >= 0.3 is 0 Å². The Hall–Kier alpha value is -5.37. The Morgan fingerprint density at radius 1 is 1.19 bits per heavy atom. The van der Waals surface area contributed by atoms with E-state index in [1.54, 1.807) is 18.1 Å². The van der Waals surface area contributed by atoms with Gasteiger partial charge in [0.1, 0.15) is 23.5 Å². The Labute approximate surface area is 248 Å². The predicted molar refractivity (Wildman–Crippen MR) is 161 cm³/mol. The molecule has 1 aliphatic heterocycles. The van der Waals surface area contributed by atoms with Crippen LogP contribution < -0.4 is 20.5 Å². The average molecular weight is 578 g/mol. The Morgan fingerprint density at radius 2 is 1.98 bits per heavy atom. The number of nitrogens with two attached hydrogens (primary N) is 1. The van der Waals surface area contributed by atoms with Gasteiger partial charge in [-0.15, -0.1) is 0 Å². The minimum absolute atomic E-state index is 0.0306. The summed E-state index contributed by atoms with van der Waals surface area (Å²) in [5, 5.41) is 3.26. The number of carbonyl (C=O) groups excluding carboxylic acids is 2. The quantitative estimate of drug-likeness (QED) is 0.253. The molecule has 3 aromatic heterocycles. The molecule has 1 saturated heterocycles. The third kappa shape index (κ3) is 5.23. The first-order chi connectivity index (χ1) is 20.8. The van der Waals surface area contributed by atoms with E-state index in [0.29, 0.717) is 59.2 Å². The number of anilines is 1. The molecule has 3 N–H and O–H groups in total. The minimum atomic E-state index is -0.361. The molecule has 218 valence electrons. The number of ether oxygens (including phenoxy) is 2. The fraction of sp³-hybridized carbons (Fsp3) is 0.281. The predicted octanol–water partition coefficient (Wildman–Crippen LogP) is 3.08. The molecule has 6 rings (SSSR count). The van der Waals surface area contributed by atoms with Gasteiger partial charge in [-0.1, -0.05) is 24.6 Å². The number of nitrogens with zero attached hydrogens (tertiary/aromatic N) is 5. The normalized spacial score (nSPS) is 18.4. The number of pyridine rings is 1. The Kier molecular flexibility index (Phi) is 7.19. The molecule has 4 heterocycles. The Morgan fingerprint density at radius 3 is 2.70 bits per heavy atom. The van der Waals surface area contributed by atoms with Crippen LogP contribution in [0, 0.1) is 36.5 Å². The molecule has 1 saturated carbocycles. The van der Waals surface area contributed by atoms with Crippen LogP contribution in [0.5, 0.6) is 17.4 Å². The number of benzene rings is 1. The van der Waals surface area contributed by atoms with Gasteiger partial charge < -0.3 is 30.0 Å². The van der Waals surface area contributed by atoms with E-state index in [0.717, 1.165) is 28.6 Å². The van der Waals surface area contributed by atoms with Crippen LogP contribution in [-0.2, 0) is 16.6 Å². The first kappa shape index (κ1) is 27.8. The SMILES string of the molecule is C=CC(=O)NCC(=O)N1C[C@@H]2[C@@H](C#Cc3c(-c4ccc(Oc5cccc(C)n5)c(OC)c4)c4c(N)ncnc4n3C)[C@@H]2C1. The number of likely N-dealkylation sites (tertiary alicyclic amines) is 1. The smallest absolute Gasteiger partial charge is 0.243 e. The zero-order valence-electron chi connectivity index (χ0n) is 24.1. The molecule has 1 aromatic carbocycles. The van der Waals surface area contributed by atoms with Gasteiger partial charge in [0, 0.05) is 43.4 Å². The number of methoxy groups -OCH3 is 1. The van der Waals surface area contributed by atoms with Gasteiger partial charge in [0.2, 0.25) is 17.7 Å². The van der Waals surface area contributed by atoms with Crippen LogP contribution in [0.25, 0.3) is 22.2 Å². The maximum atomic E-state index is 12.5. The molecular weight excluding hydrogens is 546 g/mol. The van der Waals surface area contributed by atoms with Gasteiger partial charge in [-0.3, -0.25) is 9.59 Å². The van der Waals surface area contributed by atoms with Crippen molar-refractivity contribution in [1.82, 2.24) is 29.7 Å². The number of amides is 2. The molecule has 0 spiro atoms. The third-order valence-corrected chi connectivity index (χ3v) is 8.03. The lowest BCUT2D eigenvalue weighted by Crippen LogP contribution is -2.39. The van der Waals surface area contributed by atoms with E-state index in [-0.39, 0.29) is 24.3 Å². The molecule has 43 heavy (non-hydrogen) atoms. The van der Waals surface area contributed by atoms with Crippen LogP contribution in [0.4, 0.5) is 5.82 Å². The lowest BCUT2D eigenvalue weighted by Gasteiger charge is -2.18. The summed E-state index contributed by atoms with van der Waals surface area (Å²) in [5.74, 6) is 9.07. The van der Waals surface area contributed by atoms with Crippen molar-refractivity contribution >= 4 is 28.7 Å². The van der Waals surface area contributed by atoms with E-state index in [1.807, 2.05) is 48.9 Å². The highest BCUT2D eigenvalue weighted by Crippen LogP contribution is 2.51. The molecule has 0 radical (unpaired) electrons. The largest absolute Gasteiger partial charge is 0.493 e. The molecule has 4 aromatic rings. The fourth-order valence-corrected chi connectivity index (χ4v) is 5.74. The molecular formula is C32H31N7O4. The highest BCUT2D eigenvalue weighted by molar-refractivity contribution is 6.03. The first-order valence-corrected chi connectivity index (χ1v) is 13.9. The Bertz CT molecular complexity index is 1820. The van der Waals surface area contributed by atoms with Crippen LogP contribution in [0.1, 0.15) is 11.4 Å². The van der Waals surface area contributed by atoms with Gasteiger partial charge in [0.05, 0.1) is 19.0 Å². The number of hydrogen-bond donors (Lipinski definition) is 2. The maximum Gasteiger partial charge on any atom is 0.243 e. The van der Waals surface area contributed by atoms with Crippen molar-refractivity contribution in [2.24, 2.45) is 24.8 Å². The minimum Gasteiger partial charge on any atom is -0.493 e. The van der Waals surface area contributed by atoms with Crippen LogP contribution in [-0.4, -0.2) is 63.0 Å². The topological polar surface area (TPSA) is 137 Å². The van der Waals surface area contributed by atoms with Crippen molar-refractivity contribution in [2.75, 3.05) is 32.5 Å². The van der Waals surface area contributed by atoms with Crippen molar-refractivity contribution in [3.63, 3.8) is 0 Å². The number of nitrogen functional groups attached to an aromatic ring is 1. The van der Waals surface area contributed by atoms with E-state index < -0.39 is 0 Å². The number of aromatic nitrogens is 4. The summed E-state index contributed by atoms with van der Waals surface area (Å²) in [7, 11) is 3.50. The summed E-state index contributed by atoms with van der Waals surface area (Å²) in [6.45, 7) is 6.53. The highest BCUT2D eigenvalue weighted by atomic mass is 16.5. The van der Waals surface area contributed by atoms with E-state index in [1.165, 1.54) is 6.33 Å². The Balaban J connectivity index is 1.29. The molecule has 2 fully saturated rings. The summed E-state index contributed by atoms with van der Waals surface area (Å²) in [4.78, 5) is 38.9. The second-order valence-electron chi connectivity index (χ2n) is 10.7. The summed E-state index contributed by atoms with van der Waals surface area (Å²) in [6.07, 6.45) is 2.60. The standard InChI is InChI=1S/C32H31N7O4/c1-5-26(40)34-14-28(41)39-15-21-20(22(21)16-39)10-11-23-29(30-31(33)35-17-36-32(30)38(23)3)19-9-12-24(25(13-19)42-4)43-27-8-6-7-18(2)37-27/h5-9,12-13,17,20-22H,1,14-16H2,2-4H3,(H,34,40)(H2,33,35,36)/t20-,21-,22+. The van der Waals surface area contributed by atoms with Crippen molar-refractivity contribution < 1.29 is 19.1 Å². The number of piperidine rings is 1. The molecule has 0 unspecified atom stereocenters. The monoisotopic (exact) mass is 577 g/mol.